The topological polar surface area (TPSA) is 213 Å². The van der Waals surface area contributed by atoms with E-state index in [1.807, 2.05) is 30.3 Å². The number of hydrogen-bond acceptors (Lipinski definition) is 8. The van der Waals surface area contributed by atoms with Gasteiger partial charge in [-0.25, -0.2) is 14.8 Å². The summed E-state index contributed by atoms with van der Waals surface area (Å²) in [5, 5.41) is 29.4. The molecule has 2 amide bonds. The molecule has 1 aromatic carbocycles. The third kappa shape index (κ3) is 11.4. The molecular formula is C33H42N8O5Si. The number of primary amides is 1. The Bertz CT molecular complexity index is 1720. The molecular weight excluding hydrogens is 617 g/mol. The molecule has 0 unspecified atom stereocenters. The Balaban J connectivity index is 0.000000287. The maximum Gasteiger partial charge on any atom is 0.372 e. The highest BCUT2D eigenvalue weighted by molar-refractivity contribution is 6.76. The number of amides is 2. The standard InChI is InChI=1S/C22H25N5O2.C11H17N3O3Si/c1-22(2)9-7-15(8-10-22)17-11-14(4-6-19(24)28)3-5-18(17)27-21(29)20-25-13-16(12-23)26-20;1-18(2,3)5-4-17-8-14-7-9(6-12)13-10(14)11(15)16/h3,5,7,11,13H,4,6,8-10H2,1-2H3,(H2,24,28)(H,25,26)(H,27,29);7H,4-5,8H2,1-3H3,(H,15,16). The molecule has 1 aliphatic rings. The van der Waals surface area contributed by atoms with Gasteiger partial charge >= 0.3 is 5.97 Å². The summed E-state index contributed by atoms with van der Waals surface area (Å²) in [6.07, 6.45) is 8.71. The molecule has 47 heavy (non-hydrogen) atoms. The van der Waals surface area contributed by atoms with E-state index in [1.54, 1.807) is 0 Å². The molecule has 0 atom stereocenters. The second-order valence-electron chi connectivity index (χ2n) is 13.3. The van der Waals surface area contributed by atoms with Crippen LogP contribution in [-0.2, 0) is 22.7 Å². The third-order valence-corrected chi connectivity index (χ3v) is 9.23. The zero-order valence-electron chi connectivity index (χ0n) is 27.5. The van der Waals surface area contributed by atoms with Crippen LogP contribution in [0.1, 0.15) is 83.3 Å². The van der Waals surface area contributed by atoms with E-state index in [-0.39, 0.29) is 47.5 Å². The lowest BCUT2D eigenvalue weighted by molar-refractivity contribution is -0.118. The zero-order chi connectivity index (χ0) is 34.8. The second-order valence-corrected chi connectivity index (χ2v) is 19.0. The molecule has 14 heteroatoms. The van der Waals surface area contributed by atoms with Crippen LogP contribution >= 0.6 is 0 Å². The van der Waals surface area contributed by atoms with Crippen LogP contribution in [0.15, 0.2) is 36.7 Å². The van der Waals surface area contributed by atoms with Crippen LogP contribution in [0.2, 0.25) is 25.7 Å². The number of carbonyl (C=O) groups excluding carboxylic acids is 2. The Morgan fingerprint density at radius 2 is 1.96 bits per heavy atom. The van der Waals surface area contributed by atoms with E-state index in [0.717, 1.165) is 36.4 Å². The molecule has 2 heterocycles. The number of nitrogens with zero attached hydrogens (tertiary/aromatic N) is 5. The van der Waals surface area contributed by atoms with Crippen molar-refractivity contribution in [2.75, 3.05) is 11.9 Å². The van der Waals surface area contributed by atoms with Crippen LogP contribution in [0.4, 0.5) is 5.69 Å². The smallest absolute Gasteiger partial charge is 0.372 e. The van der Waals surface area contributed by atoms with Gasteiger partial charge in [0.05, 0.1) is 6.20 Å². The lowest BCUT2D eigenvalue weighted by atomic mass is 9.76. The van der Waals surface area contributed by atoms with Gasteiger partial charge in [0.2, 0.25) is 11.7 Å². The number of nitrogens with one attached hydrogen (secondary N) is 2. The maximum atomic E-state index is 12.6. The fourth-order valence-electron chi connectivity index (χ4n) is 4.67. The minimum Gasteiger partial charge on any atom is -0.475 e. The van der Waals surface area contributed by atoms with Crippen LogP contribution in [-0.4, -0.2) is 57.1 Å². The van der Waals surface area contributed by atoms with Crippen LogP contribution < -0.4 is 11.1 Å². The molecule has 2 aromatic heterocycles. The van der Waals surface area contributed by atoms with E-state index in [0.29, 0.717) is 18.7 Å². The van der Waals surface area contributed by atoms with Crippen molar-refractivity contribution in [2.24, 2.45) is 11.1 Å². The molecule has 0 spiro atoms. The average Bonchev–Trinajstić information content (AvgIpc) is 3.66. The summed E-state index contributed by atoms with van der Waals surface area (Å²) in [5.41, 5.74) is 9.66. The Morgan fingerprint density at radius 1 is 1.21 bits per heavy atom. The third-order valence-electron chi connectivity index (χ3n) is 7.53. The van der Waals surface area contributed by atoms with Crippen molar-refractivity contribution in [1.29, 1.82) is 10.5 Å². The molecule has 5 N–H and O–H groups in total. The number of anilines is 1. The first-order valence-corrected chi connectivity index (χ1v) is 19.0. The summed E-state index contributed by atoms with van der Waals surface area (Å²) < 4.78 is 6.77. The number of carbonyl (C=O) groups is 3. The number of hydrogen-bond donors (Lipinski definition) is 4. The van der Waals surface area contributed by atoms with Gasteiger partial charge in [-0.3, -0.25) is 9.59 Å². The highest BCUT2D eigenvalue weighted by Gasteiger charge is 2.24. The van der Waals surface area contributed by atoms with Gasteiger partial charge in [-0.1, -0.05) is 45.6 Å². The highest BCUT2D eigenvalue weighted by atomic mass is 28.3. The number of nitrogens with two attached hydrogens (primary N) is 1. The van der Waals surface area contributed by atoms with Crippen LogP contribution in [0.5, 0.6) is 0 Å². The van der Waals surface area contributed by atoms with Gasteiger partial charge < -0.3 is 30.4 Å². The van der Waals surface area contributed by atoms with E-state index in [2.05, 4.69) is 59.8 Å². The van der Waals surface area contributed by atoms with Crippen LogP contribution in [0.3, 0.4) is 0 Å². The number of aryl methyl sites for hydroxylation is 1. The van der Waals surface area contributed by atoms with Crippen molar-refractivity contribution in [3.05, 3.63) is 70.8 Å². The molecule has 0 saturated heterocycles. The van der Waals surface area contributed by atoms with Crippen molar-refractivity contribution in [3.63, 3.8) is 0 Å². The highest BCUT2D eigenvalue weighted by Crippen LogP contribution is 2.40. The molecule has 0 saturated carbocycles. The van der Waals surface area contributed by atoms with Gasteiger partial charge in [0, 0.05) is 38.5 Å². The van der Waals surface area contributed by atoms with Gasteiger partial charge in [0.15, 0.2) is 11.5 Å². The first kappa shape index (κ1) is 36.4. The first-order valence-electron chi connectivity index (χ1n) is 15.3. The number of aromatic amines is 1. The van der Waals surface area contributed by atoms with Gasteiger partial charge in [-0.05, 0) is 60.4 Å². The number of imidazole rings is 2. The lowest BCUT2D eigenvalue weighted by Gasteiger charge is -2.29. The number of ether oxygens (including phenoxy) is 1. The van der Waals surface area contributed by atoms with E-state index in [4.69, 9.17) is 26.1 Å². The SMILES string of the molecule is CC1(C)CC=C(c2cc(CCC(N)=O)ccc2NC(=O)c2ncc(C#N)[nH]2)CC1.C[Si](C)(C)CCOCn1cc(C#N)nc1C(=O)O. The summed E-state index contributed by atoms with van der Waals surface area (Å²) in [6.45, 7) is 11.9. The normalized spacial score (nSPS) is 13.7. The fraction of sp³-hybridized carbons (Fsp3) is 0.424. The van der Waals surface area contributed by atoms with Crippen LogP contribution in [0.25, 0.3) is 5.57 Å². The summed E-state index contributed by atoms with van der Waals surface area (Å²) in [7, 11) is -1.15. The number of rotatable bonds is 12. The molecule has 248 valence electrons. The molecule has 3 aromatic rings. The number of carboxylic acids is 1. The van der Waals surface area contributed by atoms with Crippen molar-refractivity contribution >= 4 is 37.1 Å². The number of allylic oxidation sites excluding steroid dienone is 2. The predicted molar refractivity (Wildman–Crippen MR) is 179 cm³/mol. The Morgan fingerprint density at radius 3 is 2.53 bits per heavy atom. The number of aromatic carboxylic acids is 1. The fourth-order valence-corrected chi connectivity index (χ4v) is 5.42. The van der Waals surface area contributed by atoms with Gasteiger partial charge in [-0.2, -0.15) is 10.5 Å². The molecule has 4 rings (SSSR count). The first-order chi connectivity index (χ1) is 22.1. The van der Waals surface area contributed by atoms with E-state index in [1.165, 1.54) is 22.5 Å². The van der Waals surface area contributed by atoms with Crippen molar-refractivity contribution in [2.45, 2.75) is 78.4 Å². The predicted octanol–water partition coefficient (Wildman–Crippen LogP) is 5.31. The minimum atomic E-state index is -1.16. The summed E-state index contributed by atoms with van der Waals surface area (Å²) in [6, 6.07) is 10.5. The molecule has 0 fully saturated rings. The largest absolute Gasteiger partial charge is 0.475 e. The number of H-pyrrole nitrogens is 1. The summed E-state index contributed by atoms with van der Waals surface area (Å²) >= 11 is 0. The Kier molecular flexibility index (Phi) is 12.4. The van der Waals surface area contributed by atoms with Crippen molar-refractivity contribution < 1.29 is 24.2 Å². The number of carboxylic acid groups (broad SMARTS) is 1. The van der Waals surface area contributed by atoms with Gasteiger partial charge in [0.1, 0.15) is 24.6 Å². The molecule has 0 bridgehead atoms. The van der Waals surface area contributed by atoms with Crippen molar-refractivity contribution in [3.8, 4) is 12.1 Å². The lowest BCUT2D eigenvalue weighted by Crippen LogP contribution is -2.22. The van der Waals surface area contributed by atoms with Crippen molar-refractivity contribution in [1.82, 2.24) is 19.5 Å². The quantitative estimate of drug-likeness (QED) is 0.146. The van der Waals surface area contributed by atoms with Gasteiger partial charge in [0.25, 0.3) is 5.91 Å². The number of benzene rings is 1. The number of nitriles is 2. The van der Waals surface area contributed by atoms with E-state index in [9.17, 15) is 14.4 Å². The number of aromatic nitrogens is 4. The zero-order valence-corrected chi connectivity index (χ0v) is 28.5. The Labute approximate surface area is 275 Å². The maximum absolute atomic E-state index is 12.6. The molecule has 13 nitrogen and oxygen atoms in total. The molecule has 0 aliphatic heterocycles. The minimum absolute atomic E-state index is 0.0844. The summed E-state index contributed by atoms with van der Waals surface area (Å²) in [5.74, 6) is -1.99. The second kappa shape index (κ2) is 16.0. The molecule has 1 aliphatic carbocycles. The monoisotopic (exact) mass is 658 g/mol. The van der Waals surface area contributed by atoms with Gasteiger partial charge in [-0.15, -0.1) is 0 Å². The van der Waals surface area contributed by atoms with E-state index < -0.39 is 20.0 Å². The molecule has 0 radical (unpaired) electrons. The summed E-state index contributed by atoms with van der Waals surface area (Å²) in [4.78, 5) is 45.0. The van der Waals surface area contributed by atoms with E-state index >= 15 is 0 Å². The Hall–Kier alpha value is -5.05. The van der Waals surface area contributed by atoms with Crippen LogP contribution in [0, 0.1) is 28.1 Å². The average molecular weight is 659 g/mol.